The van der Waals surface area contributed by atoms with Gasteiger partial charge < -0.3 is 25.1 Å². The van der Waals surface area contributed by atoms with E-state index in [1.165, 1.54) is 21.3 Å². The Kier molecular flexibility index (Phi) is 5.44. The van der Waals surface area contributed by atoms with Crippen LogP contribution in [0.25, 0.3) is 0 Å². The van der Waals surface area contributed by atoms with Crippen LogP contribution in [-0.4, -0.2) is 38.9 Å². The van der Waals surface area contributed by atoms with Crippen molar-refractivity contribution >= 4 is 5.97 Å². The molecule has 0 aliphatic heterocycles. The van der Waals surface area contributed by atoms with Crippen LogP contribution in [0.1, 0.15) is 17.9 Å². The second-order valence-corrected chi connectivity index (χ2v) is 3.99. The number of carboxylic acids is 1. The maximum Gasteiger partial charge on any atom is 0.304 e. The van der Waals surface area contributed by atoms with E-state index in [4.69, 9.17) is 25.1 Å². The van der Waals surface area contributed by atoms with E-state index in [2.05, 4.69) is 0 Å². The fourth-order valence-corrected chi connectivity index (χ4v) is 1.89. The SMILES string of the molecule is COc1cc([C@@H](CN)CC(=O)O)cc(OC)c1OC. The summed E-state index contributed by atoms with van der Waals surface area (Å²) in [5.41, 5.74) is 6.38. The first-order valence-corrected chi connectivity index (χ1v) is 5.79. The van der Waals surface area contributed by atoms with Gasteiger partial charge in [-0.3, -0.25) is 4.79 Å². The fraction of sp³-hybridized carbons (Fsp3) is 0.462. The summed E-state index contributed by atoms with van der Waals surface area (Å²) in [6.45, 7) is 0.227. The normalized spacial score (nSPS) is 11.8. The zero-order valence-corrected chi connectivity index (χ0v) is 11.3. The standard InChI is InChI=1S/C13H19NO5/c1-17-10-4-8(9(7-14)6-12(15)16)5-11(18-2)13(10)19-3/h4-5,9H,6-7,14H2,1-3H3,(H,15,16)/t9-/m1/s1. The summed E-state index contributed by atoms with van der Waals surface area (Å²) in [6.07, 6.45) is -0.0465. The molecule has 0 bridgehead atoms. The van der Waals surface area contributed by atoms with Crippen molar-refractivity contribution in [1.82, 2.24) is 0 Å². The topological polar surface area (TPSA) is 91.0 Å². The summed E-state index contributed by atoms with van der Waals surface area (Å²) < 4.78 is 15.7. The Morgan fingerprint density at radius 3 is 2.05 bits per heavy atom. The molecule has 106 valence electrons. The summed E-state index contributed by atoms with van der Waals surface area (Å²) in [5.74, 6) is 0.247. The summed E-state index contributed by atoms with van der Waals surface area (Å²) in [7, 11) is 4.53. The molecule has 1 aromatic rings. The number of ether oxygens (including phenoxy) is 3. The lowest BCUT2D eigenvalue weighted by atomic mass is 9.95. The van der Waals surface area contributed by atoms with Crippen molar-refractivity contribution in [2.45, 2.75) is 12.3 Å². The maximum atomic E-state index is 10.8. The van der Waals surface area contributed by atoms with Crippen molar-refractivity contribution in [1.29, 1.82) is 0 Å². The van der Waals surface area contributed by atoms with Gasteiger partial charge in [0.15, 0.2) is 11.5 Å². The molecule has 0 aromatic heterocycles. The van der Waals surface area contributed by atoms with E-state index in [0.29, 0.717) is 17.2 Å². The predicted molar refractivity (Wildman–Crippen MR) is 70.1 cm³/mol. The molecule has 0 aliphatic rings. The molecule has 6 heteroatoms. The lowest BCUT2D eigenvalue weighted by molar-refractivity contribution is -0.137. The van der Waals surface area contributed by atoms with E-state index >= 15 is 0 Å². The quantitative estimate of drug-likeness (QED) is 0.773. The van der Waals surface area contributed by atoms with Crippen molar-refractivity contribution < 1.29 is 24.1 Å². The minimum absolute atomic E-state index is 0.0465. The van der Waals surface area contributed by atoms with Gasteiger partial charge in [-0.05, 0) is 24.2 Å². The van der Waals surface area contributed by atoms with E-state index in [9.17, 15) is 4.79 Å². The predicted octanol–water partition coefficient (Wildman–Crippen LogP) is 1.23. The summed E-state index contributed by atoms with van der Waals surface area (Å²) in [4.78, 5) is 10.8. The molecule has 0 saturated heterocycles. The molecule has 0 radical (unpaired) electrons. The zero-order valence-electron chi connectivity index (χ0n) is 11.3. The zero-order chi connectivity index (χ0) is 14.4. The highest BCUT2D eigenvalue weighted by atomic mass is 16.5. The van der Waals surface area contributed by atoms with E-state index in [1.54, 1.807) is 12.1 Å². The molecule has 0 aliphatic carbocycles. The molecule has 1 rings (SSSR count). The van der Waals surface area contributed by atoms with Gasteiger partial charge in [0.25, 0.3) is 0 Å². The van der Waals surface area contributed by atoms with Crippen molar-refractivity contribution in [2.75, 3.05) is 27.9 Å². The summed E-state index contributed by atoms with van der Waals surface area (Å²) in [5, 5.41) is 8.89. The number of aliphatic carboxylic acids is 1. The summed E-state index contributed by atoms with van der Waals surface area (Å²) >= 11 is 0. The van der Waals surface area contributed by atoms with Crippen LogP contribution in [0.2, 0.25) is 0 Å². The second-order valence-electron chi connectivity index (χ2n) is 3.99. The number of rotatable bonds is 7. The molecule has 1 aromatic carbocycles. The van der Waals surface area contributed by atoms with Crippen LogP contribution in [0.15, 0.2) is 12.1 Å². The van der Waals surface area contributed by atoms with Crippen molar-refractivity contribution in [3.63, 3.8) is 0 Å². The second kappa shape index (κ2) is 6.84. The van der Waals surface area contributed by atoms with Gasteiger partial charge >= 0.3 is 5.97 Å². The monoisotopic (exact) mass is 269 g/mol. The average Bonchev–Trinajstić information content (AvgIpc) is 2.42. The van der Waals surface area contributed by atoms with Crippen LogP contribution >= 0.6 is 0 Å². The van der Waals surface area contributed by atoms with Crippen LogP contribution in [-0.2, 0) is 4.79 Å². The van der Waals surface area contributed by atoms with Gasteiger partial charge in [0, 0.05) is 5.92 Å². The van der Waals surface area contributed by atoms with Gasteiger partial charge in [-0.2, -0.15) is 0 Å². The largest absolute Gasteiger partial charge is 0.493 e. The molecule has 1 atom stereocenters. The molecule has 3 N–H and O–H groups in total. The highest BCUT2D eigenvalue weighted by Crippen LogP contribution is 2.40. The first-order chi connectivity index (χ1) is 9.07. The van der Waals surface area contributed by atoms with Crippen molar-refractivity contribution in [3.05, 3.63) is 17.7 Å². The highest BCUT2D eigenvalue weighted by molar-refractivity contribution is 5.68. The number of benzene rings is 1. The molecule has 0 fully saturated rings. The summed E-state index contributed by atoms with van der Waals surface area (Å²) in [6, 6.07) is 3.45. The molecule has 6 nitrogen and oxygen atoms in total. The minimum atomic E-state index is -0.899. The van der Waals surface area contributed by atoms with E-state index < -0.39 is 5.97 Å². The van der Waals surface area contributed by atoms with Crippen LogP contribution < -0.4 is 19.9 Å². The van der Waals surface area contributed by atoms with Crippen LogP contribution in [0.4, 0.5) is 0 Å². The lowest BCUT2D eigenvalue weighted by Crippen LogP contribution is -2.16. The molecule has 0 amide bonds. The Morgan fingerprint density at radius 1 is 1.21 bits per heavy atom. The Labute approximate surface area is 112 Å². The smallest absolute Gasteiger partial charge is 0.304 e. The third-order valence-corrected chi connectivity index (χ3v) is 2.86. The number of hydrogen-bond acceptors (Lipinski definition) is 5. The van der Waals surface area contributed by atoms with Crippen LogP contribution in [0.5, 0.6) is 17.2 Å². The van der Waals surface area contributed by atoms with E-state index in [-0.39, 0.29) is 18.9 Å². The maximum absolute atomic E-state index is 10.8. The van der Waals surface area contributed by atoms with Gasteiger partial charge in [-0.25, -0.2) is 0 Å². The Bertz CT molecular complexity index is 422. The molecule has 0 spiro atoms. The Balaban J connectivity index is 3.24. The molecular weight excluding hydrogens is 250 g/mol. The Hall–Kier alpha value is -1.95. The molecular formula is C13H19NO5. The molecule has 0 heterocycles. The number of nitrogens with two attached hydrogens (primary N) is 1. The minimum Gasteiger partial charge on any atom is -0.493 e. The fourth-order valence-electron chi connectivity index (χ4n) is 1.89. The van der Waals surface area contributed by atoms with Gasteiger partial charge in [-0.15, -0.1) is 0 Å². The average molecular weight is 269 g/mol. The third kappa shape index (κ3) is 3.51. The molecule has 0 saturated carbocycles. The molecule has 0 unspecified atom stereocenters. The number of carboxylic acid groups (broad SMARTS) is 1. The van der Waals surface area contributed by atoms with Crippen LogP contribution in [0, 0.1) is 0 Å². The van der Waals surface area contributed by atoms with E-state index in [1.807, 2.05) is 0 Å². The van der Waals surface area contributed by atoms with E-state index in [0.717, 1.165) is 5.56 Å². The third-order valence-electron chi connectivity index (χ3n) is 2.86. The van der Waals surface area contributed by atoms with Gasteiger partial charge in [0.1, 0.15) is 0 Å². The first kappa shape index (κ1) is 15.1. The number of methoxy groups -OCH3 is 3. The van der Waals surface area contributed by atoms with Gasteiger partial charge in [0.2, 0.25) is 5.75 Å². The highest BCUT2D eigenvalue weighted by Gasteiger charge is 2.19. The number of carbonyl (C=O) groups is 1. The first-order valence-electron chi connectivity index (χ1n) is 5.79. The Morgan fingerprint density at radius 2 is 1.74 bits per heavy atom. The van der Waals surface area contributed by atoms with Crippen LogP contribution in [0.3, 0.4) is 0 Å². The lowest BCUT2D eigenvalue weighted by Gasteiger charge is -2.18. The number of hydrogen-bond donors (Lipinski definition) is 2. The molecule has 19 heavy (non-hydrogen) atoms. The van der Waals surface area contributed by atoms with Crippen molar-refractivity contribution in [2.24, 2.45) is 5.73 Å². The van der Waals surface area contributed by atoms with Gasteiger partial charge in [0.05, 0.1) is 27.8 Å². The van der Waals surface area contributed by atoms with Gasteiger partial charge in [-0.1, -0.05) is 0 Å². The van der Waals surface area contributed by atoms with Crippen molar-refractivity contribution in [3.8, 4) is 17.2 Å².